The average Bonchev–Trinajstić information content (AvgIpc) is 3.92. The molecule has 3 heterocycles. The number of benzene rings is 1. The summed E-state index contributed by atoms with van der Waals surface area (Å²) >= 11 is 1.50. The van der Waals surface area contributed by atoms with Crippen LogP contribution in [0.3, 0.4) is 0 Å². The minimum absolute atomic E-state index is 0.0770. The average molecular weight is 753 g/mol. The lowest BCUT2D eigenvalue weighted by atomic mass is 9.84. The number of aliphatic hydroxyl groups is 1. The van der Waals surface area contributed by atoms with Crippen LogP contribution in [0.4, 0.5) is 0 Å². The van der Waals surface area contributed by atoms with E-state index in [-0.39, 0.29) is 30.7 Å². The molecule has 6 unspecified atom stereocenters. The summed E-state index contributed by atoms with van der Waals surface area (Å²) in [6.45, 7) is 13.6. The van der Waals surface area contributed by atoms with Gasteiger partial charge in [-0.3, -0.25) is 9.59 Å². The van der Waals surface area contributed by atoms with E-state index in [2.05, 4.69) is 29.1 Å². The van der Waals surface area contributed by atoms with Crippen molar-refractivity contribution in [2.24, 2.45) is 11.3 Å². The van der Waals surface area contributed by atoms with E-state index in [0.29, 0.717) is 42.0 Å². The minimum atomic E-state index is -3.73. The maximum atomic E-state index is 14.2. The van der Waals surface area contributed by atoms with Crippen molar-refractivity contribution in [3.8, 4) is 22.2 Å². The van der Waals surface area contributed by atoms with Gasteiger partial charge in [-0.1, -0.05) is 41.5 Å². The van der Waals surface area contributed by atoms with Gasteiger partial charge in [-0.15, -0.1) is 11.3 Å². The first-order chi connectivity index (χ1) is 24.4. The summed E-state index contributed by atoms with van der Waals surface area (Å²) in [6, 6.07) is 3.77. The summed E-state index contributed by atoms with van der Waals surface area (Å²) in [6.07, 6.45) is -0.570. The van der Waals surface area contributed by atoms with Gasteiger partial charge in [0.15, 0.2) is 7.98 Å². The van der Waals surface area contributed by atoms with Crippen LogP contribution in [-0.4, -0.2) is 97.0 Å². The highest BCUT2D eigenvalue weighted by Crippen LogP contribution is 2.46. The van der Waals surface area contributed by atoms with Crippen molar-refractivity contribution in [2.75, 3.05) is 13.7 Å². The van der Waals surface area contributed by atoms with Gasteiger partial charge in [0, 0.05) is 28.8 Å². The first-order valence-corrected chi connectivity index (χ1v) is 20.2. The summed E-state index contributed by atoms with van der Waals surface area (Å²) in [4.78, 5) is 39.7. The Morgan fingerprint density at radius 2 is 1.87 bits per heavy atom. The van der Waals surface area contributed by atoms with Gasteiger partial charge in [-0.05, 0) is 55.6 Å². The van der Waals surface area contributed by atoms with Gasteiger partial charge in [0.25, 0.3) is 0 Å². The molecule has 16 heteroatoms. The van der Waals surface area contributed by atoms with Crippen LogP contribution >= 0.6 is 11.3 Å². The molecular formula is C36H49BN6O7S2. The molecule has 0 bridgehead atoms. The van der Waals surface area contributed by atoms with E-state index in [9.17, 15) is 23.1 Å². The van der Waals surface area contributed by atoms with Crippen LogP contribution in [0.5, 0.6) is 11.5 Å². The summed E-state index contributed by atoms with van der Waals surface area (Å²) in [5, 5.41) is 19.7. The molecule has 2 amide bonds. The van der Waals surface area contributed by atoms with Gasteiger partial charge in [-0.25, -0.2) is 18.4 Å². The second-order valence-electron chi connectivity index (χ2n) is 15.9. The molecule has 2 aromatic heterocycles. The van der Waals surface area contributed by atoms with E-state index >= 15 is 0 Å². The van der Waals surface area contributed by atoms with Gasteiger partial charge in [0.05, 0.1) is 41.7 Å². The summed E-state index contributed by atoms with van der Waals surface area (Å²) < 4.78 is 40.1. The number of aromatic nitrogens is 2. The van der Waals surface area contributed by atoms with Crippen molar-refractivity contribution >= 4 is 52.1 Å². The number of nitrogens with one attached hydrogen (secondary N) is 3. The third kappa shape index (κ3) is 7.41. The molecule has 4 N–H and O–H groups in total. The first-order valence-electron chi connectivity index (χ1n) is 17.8. The van der Waals surface area contributed by atoms with Crippen LogP contribution in [0.25, 0.3) is 21.6 Å². The Morgan fingerprint density at radius 3 is 2.42 bits per heavy atom. The maximum absolute atomic E-state index is 14.2. The van der Waals surface area contributed by atoms with Gasteiger partial charge in [-0.2, -0.15) is 4.72 Å². The lowest BCUT2D eigenvalue weighted by Gasteiger charge is -2.35. The number of aryl methyl sites for hydroxylation is 1. The lowest BCUT2D eigenvalue weighted by molar-refractivity contribution is -0.142. The molecule has 6 rings (SSSR count). The van der Waals surface area contributed by atoms with Crippen molar-refractivity contribution in [3.63, 3.8) is 0 Å². The molecule has 2 aliphatic carbocycles. The SMILES string of the molecule is [B]NC(C(=O)N1CC(Oc2cc(-c3nc(C(C)C)cs3)nc3c(C)c(OC)ccc23)CC1C(=O)NC1(C(O)NS(=O)(=O)C2CC2)CC1C)C(C)(C)C. The Kier molecular flexibility index (Phi) is 10.5. The number of hydrogen-bond donors (Lipinski definition) is 4. The number of hydrogen-bond acceptors (Lipinski definition) is 11. The number of ether oxygens (including phenoxy) is 2. The largest absolute Gasteiger partial charge is 0.496 e. The van der Waals surface area contributed by atoms with Crippen molar-refractivity contribution in [2.45, 2.75) is 115 Å². The van der Waals surface area contributed by atoms with E-state index < -0.39 is 56.5 Å². The number of rotatable bonds is 13. The predicted octanol–water partition coefficient (Wildman–Crippen LogP) is 3.53. The zero-order valence-corrected chi connectivity index (χ0v) is 32.7. The Morgan fingerprint density at radius 1 is 1.17 bits per heavy atom. The van der Waals surface area contributed by atoms with E-state index in [0.717, 1.165) is 21.7 Å². The van der Waals surface area contributed by atoms with Gasteiger partial charge >= 0.3 is 0 Å². The maximum Gasteiger partial charge on any atom is 0.243 e. The Balaban J connectivity index is 1.33. The number of sulfonamides is 1. The van der Waals surface area contributed by atoms with E-state index in [4.69, 9.17) is 27.4 Å². The highest BCUT2D eigenvalue weighted by Gasteiger charge is 2.60. The fourth-order valence-electron chi connectivity index (χ4n) is 7.01. The smallest absolute Gasteiger partial charge is 0.243 e. The molecule has 280 valence electrons. The predicted molar refractivity (Wildman–Crippen MR) is 201 cm³/mol. The summed E-state index contributed by atoms with van der Waals surface area (Å²) in [7, 11) is 3.78. The lowest BCUT2D eigenvalue weighted by Crippen LogP contribution is -2.60. The zero-order chi connectivity index (χ0) is 37.9. The molecule has 1 aliphatic heterocycles. The van der Waals surface area contributed by atoms with Gasteiger partial charge in [0.1, 0.15) is 40.6 Å². The molecule has 2 radical (unpaired) electrons. The van der Waals surface area contributed by atoms with Crippen molar-refractivity contribution in [1.29, 1.82) is 0 Å². The van der Waals surface area contributed by atoms with E-state index in [1.54, 1.807) is 7.11 Å². The highest BCUT2D eigenvalue weighted by atomic mass is 32.2. The van der Waals surface area contributed by atoms with Crippen LogP contribution in [0.2, 0.25) is 0 Å². The van der Waals surface area contributed by atoms with E-state index in [1.807, 2.05) is 58.2 Å². The minimum Gasteiger partial charge on any atom is -0.496 e. The number of methoxy groups -OCH3 is 1. The van der Waals surface area contributed by atoms with Crippen molar-refractivity contribution < 1.29 is 32.6 Å². The molecule has 1 saturated heterocycles. The topological polar surface area (TPSA) is 172 Å². The standard InChI is InChI=1S/C36H49BN6O7S2/c1-18(2)25-17-51-32(39-25)24-14-28(23-11-12-27(49-8)20(4)29(23)38-24)50-21-13-26(43(16-21)33(45)30(41-37)35(5,6)7)31(44)40-36(15-19(36)3)34(46)42-52(47,48)22-9-10-22/h11-12,14,17-19,21-22,26,30,34,41-42,46H,9-10,13,15-16H2,1-8H3,(H,40,44). The van der Waals surface area contributed by atoms with E-state index in [1.165, 1.54) is 16.2 Å². The van der Waals surface area contributed by atoms with Gasteiger partial charge < -0.3 is 30.0 Å². The zero-order valence-electron chi connectivity index (χ0n) is 31.0. The molecule has 3 fully saturated rings. The number of aliphatic hydroxyl groups excluding tert-OH is 1. The molecule has 52 heavy (non-hydrogen) atoms. The Hall–Kier alpha value is -3.31. The fourth-order valence-corrected chi connectivity index (χ4v) is 9.42. The highest BCUT2D eigenvalue weighted by molar-refractivity contribution is 7.90. The number of pyridine rings is 1. The molecule has 6 atom stereocenters. The van der Waals surface area contributed by atoms with Crippen LogP contribution < -0.4 is 24.7 Å². The number of fused-ring (bicyclic) bond motifs is 1. The summed E-state index contributed by atoms with van der Waals surface area (Å²) in [5.74, 6) is 0.342. The second kappa shape index (κ2) is 14.2. The normalized spacial score (nSPS) is 24.6. The van der Waals surface area contributed by atoms with Crippen molar-refractivity contribution in [1.82, 2.24) is 30.1 Å². The van der Waals surface area contributed by atoms with Crippen LogP contribution in [0.1, 0.15) is 84.4 Å². The first kappa shape index (κ1) is 38.4. The van der Waals surface area contributed by atoms with Crippen LogP contribution in [0.15, 0.2) is 23.6 Å². The molecule has 3 aromatic rings. The Bertz CT molecular complexity index is 1960. The molecular weight excluding hydrogens is 703 g/mol. The van der Waals surface area contributed by atoms with Crippen LogP contribution in [-0.2, 0) is 19.6 Å². The number of carbonyl (C=O) groups is 2. The van der Waals surface area contributed by atoms with Crippen molar-refractivity contribution in [3.05, 3.63) is 34.8 Å². The number of thiazole rings is 1. The molecule has 0 spiro atoms. The molecule has 13 nitrogen and oxygen atoms in total. The third-order valence-electron chi connectivity index (χ3n) is 10.6. The van der Waals surface area contributed by atoms with Crippen LogP contribution in [0, 0.1) is 18.3 Å². The number of amides is 2. The summed E-state index contributed by atoms with van der Waals surface area (Å²) in [5.41, 5.74) is 1.29. The quantitative estimate of drug-likeness (QED) is 0.150. The molecule has 2 saturated carbocycles. The fraction of sp³-hybridized carbons (Fsp3) is 0.611. The number of likely N-dealkylation sites (tertiary alicyclic amines) is 1. The number of carbonyl (C=O) groups excluding carboxylic acids is 2. The number of nitrogens with zero attached hydrogens (tertiary/aromatic N) is 3. The second-order valence-corrected chi connectivity index (χ2v) is 18.7. The monoisotopic (exact) mass is 752 g/mol. The van der Waals surface area contributed by atoms with Gasteiger partial charge in [0.2, 0.25) is 21.8 Å². The third-order valence-corrected chi connectivity index (χ3v) is 13.4. The Labute approximate surface area is 311 Å². The molecule has 3 aliphatic rings. The molecule has 1 aromatic carbocycles.